The fourth-order valence-corrected chi connectivity index (χ4v) is 3.15. The molecule has 1 atom stereocenters. The van der Waals surface area contributed by atoms with Crippen molar-refractivity contribution in [1.29, 1.82) is 0 Å². The van der Waals surface area contributed by atoms with E-state index in [0.717, 1.165) is 0 Å². The Kier molecular flexibility index (Phi) is 6.03. The first-order valence-corrected chi connectivity index (χ1v) is 7.95. The summed E-state index contributed by atoms with van der Waals surface area (Å²) in [7, 11) is 1.82. The minimum absolute atomic E-state index is 0.0466. The maximum atomic E-state index is 13.8. The highest BCUT2D eigenvalue weighted by Gasteiger charge is 2.12. The standard InChI is InChI=1S/C16H16ClF2NS/c1-20-13(8-11-6-7-12(17)9-15(11)19)10-21-16-5-3-2-4-14(16)18/h2-7,9,13,20H,8,10H2,1H3. The van der Waals surface area contributed by atoms with Gasteiger partial charge in [0.25, 0.3) is 0 Å². The number of thioether (sulfide) groups is 1. The van der Waals surface area contributed by atoms with E-state index < -0.39 is 0 Å². The van der Waals surface area contributed by atoms with E-state index in [-0.39, 0.29) is 17.7 Å². The van der Waals surface area contributed by atoms with E-state index in [1.54, 1.807) is 30.3 Å². The molecule has 0 saturated heterocycles. The predicted octanol–water partition coefficient (Wildman–Crippen LogP) is 4.54. The fourth-order valence-electron chi connectivity index (χ4n) is 1.95. The summed E-state index contributed by atoms with van der Waals surface area (Å²) >= 11 is 7.17. The largest absolute Gasteiger partial charge is 0.316 e. The lowest BCUT2D eigenvalue weighted by Gasteiger charge is -2.16. The second-order valence-electron chi connectivity index (χ2n) is 4.67. The quantitative estimate of drug-likeness (QED) is 0.782. The molecule has 0 aliphatic heterocycles. The van der Waals surface area contributed by atoms with Crippen molar-refractivity contribution in [2.45, 2.75) is 17.4 Å². The van der Waals surface area contributed by atoms with Gasteiger partial charge >= 0.3 is 0 Å². The number of nitrogens with one attached hydrogen (secondary N) is 1. The van der Waals surface area contributed by atoms with Crippen LogP contribution in [0.25, 0.3) is 0 Å². The van der Waals surface area contributed by atoms with Crippen molar-refractivity contribution in [2.24, 2.45) is 0 Å². The molecule has 0 amide bonds. The van der Waals surface area contributed by atoms with Gasteiger partial charge in [-0.25, -0.2) is 8.78 Å². The fraction of sp³-hybridized carbons (Fsp3) is 0.250. The summed E-state index contributed by atoms with van der Waals surface area (Å²) in [5.74, 6) is 0.119. The van der Waals surface area contributed by atoms with Crippen LogP contribution in [-0.2, 0) is 6.42 Å². The summed E-state index contributed by atoms with van der Waals surface area (Å²) < 4.78 is 27.4. The molecule has 5 heteroatoms. The Hall–Kier alpha value is -1.10. The second-order valence-corrected chi connectivity index (χ2v) is 6.17. The van der Waals surface area contributed by atoms with Gasteiger partial charge in [0.2, 0.25) is 0 Å². The van der Waals surface area contributed by atoms with Crippen molar-refractivity contribution in [3.63, 3.8) is 0 Å². The highest BCUT2D eigenvalue weighted by molar-refractivity contribution is 7.99. The number of likely N-dealkylation sites (N-methyl/N-ethyl adjacent to an activating group) is 1. The highest BCUT2D eigenvalue weighted by atomic mass is 35.5. The van der Waals surface area contributed by atoms with Gasteiger partial charge in [-0.2, -0.15) is 0 Å². The maximum absolute atomic E-state index is 13.8. The first-order valence-electron chi connectivity index (χ1n) is 6.58. The molecule has 0 aliphatic rings. The minimum atomic E-state index is -0.307. The van der Waals surface area contributed by atoms with Crippen LogP contribution in [0.1, 0.15) is 5.56 Å². The Labute approximate surface area is 132 Å². The van der Waals surface area contributed by atoms with Gasteiger partial charge in [0.15, 0.2) is 0 Å². The van der Waals surface area contributed by atoms with Gasteiger partial charge in [-0.1, -0.05) is 29.8 Å². The summed E-state index contributed by atoms with van der Waals surface area (Å²) in [6, 6.07) is 11.4. The number of hydrogen-bond acceptors (Lipinski definition) is 2. The zero-order valence-electron chi connectivity index (χ0n) is 11.6. The Morgan fingerprint density at radius 1 is 1.14 bits per heavy atom. The molecule has 2 aromatic rings. The number of rotatable bonds is 6. The molecule has 0 heterocycles. The summed E-state index contributed by atoms with van der Waals surface area (Å²) in [5.41, 5.74) is 0.605. The summed E-state index contributed by atoms with van der Waals surface area (Å²) in [5, 5.41) is 3.53. The molecule has 0 fully saturated rings. The van der Waals surface area contributed by atoms with Crippen LogP contribution in [0.2, 0.25) is 5.02 Å². The second kappa shape index (κ2) is 7.78. The normalized spacial score (nSPS) is 12.4. The minimum Gasteiger partial charge on any atom is -0.316 e. The van der Waals surface area contributed by atoms with E-state index >= 15 is 0 Å². The number of hydrogen-bond donors (Lipinski definition) is 1. The topological polar surface area (TPSA) is 12.0 Å². The molecule has 2 rings (SSSR count). The lowest BCUT2D eigenvalue weighted by Crippen LogP contribution is -2.30. The summed E-state index contributed by atoms with van der Waals surface area (Å²) in [6.45, 7) is 0. The third-order valence-electron chi connectivity index (χ3n) is 3.17. The molecule has 0 bridgehead atoms. The summed E-state index contributed by atoms with van der Waals surface area (Å²) in [6.07, 6.45) is 0.529. The molecule has 1 N–H and O–H groups in total. The molecular weight excluding hydrogens is 312 g/mol. The Morgan fingerprint density at radius 3 is 2.57 bits per heavy atom. The highest BCUT2D eigenvalue weighted by Crippen LogP contribution is 2.23. The number of benzene rings is 2. The molecule has 0 radical (unpaired) electrons. The zero-order chi connectivity index (χ0) is 15.2. The van der Waals surface area contributed by atoms with E-state index in [9.17, 15) is 8.78 Å². The van der Waals surface area contributed by atoms with Gasteiger partial charge in [0.1, 0.15) is 11.6 Å². The van der Waals surface area contributed by atoms with Crippen LogP contribution < -0.4 is 5.32 Å². The van der Waals surface area contributed by atoms with Gasteiger partial charge in [0.05, 0.1) is 0 Å². The molecule has 0 saturated carbocycles. The van der Waals surface area contributed by atoms with E-state index in [1.807, 2.05) is 7.05 Å². The maximum Gasteiger partial charge on any atom is 0.136 e. The molecule has 2 aromatic carbocycles. The third-order valence-corrected chi connectivity index (χ3v) is 4.61. The molecule has 1 nitrogen and oxygen atoms in total. The average molecular weight is 328 g/mol. The van der Waals surface area contributed by atoms with Crippen LogP contribution in [0.5, 0.6) is 0 Å². The van der Waals surface area contributed by atoms with Gasteiger partial charge in [-0.15, -0.1) is 11.8 Å². The zero-order valence-corrected chi connectivity index (χ0v) is 13.1. The van der Waals surface area contributed by atoms with E-state index in [1.165, 1.54) is 23.9 Å². The molecule has 1 unspecified atom stereocenters. The molecule has 0 spiro atoms. The smallest absolute Gasteiger partial charge is 0.136 e. The Balaban J connectivity index is 1.99. The lowest BCUT2D eigenvalue weighted by atomic mass is 10.1. The SMILES string of the molecule is CNC(CSc1ccccc1F)Cc1ccc(Cl)cc1F. The van der Waals surface area contributed by atoms with Crippen molar-refractivity contribution in [1.82, 2.24) is 5.32 Å². The average Bonchev–Trinajstić information content (AvgIpc) is 2.47. The van der Waals surface area contributed by atoms with Crippen molar-refractivity contribution in [2.75, 3.05) is 12.8 Å². The Morgan fingerprint density at radius 2 is 1.90 bits per heavy atom. The van der Waals surface area contributed by atoms with E-state index in [0.29, 0.717) is 27.7 Å². The van der Waals surface area contributed by atoms with Crippen molar-refractivity contribution < 1.29 is 8.78 Å². The van der Waals surface area contributed by atoms with Gasteiger partial charge in [-0.05, 0) is 43.3 Å². The van der Waals surface area contributed by atoms with Crippen LogP contribution in [0, 0.1) is 11.6 Å². The van der Waals surface area contributed by atoms with Crippen molar-refractivity contribution in [3.8, 4) is 0 Å². The van der Waals surface area contributed by atoms with Crippen molar-refractivity contribution in [3.05, 3.63) is 64.7 Å². The lowest BCUT2D eigenvalue weighted by molar-refractivity contribution is 0.567. The molecular formula is C16H16ClF2NS. The van der Waals surface area contributed by atoms with Gasteiger partial charge in [0, 0.05) is 21.7 Å². The van der Waals surface area contributed by atoms with Crippen molar-refractivity contribution >= 4 is 23.4 Å². The third kappa shape index (κ3) is 4.70. The monoisotopic (exact) mass is 327 g/mol. The number of halogens is 3. The summed E-state index contributed by atoms with van der Waals surface area (Å²) in [4.78, 5) is 0.606. The van der Waals surface area contributed by atoms with E-state index in [4.69, 9.17) is 11.6 Å². The first kappa shape index (κ1) is 16.3. The molecule has 21 heavy (non-hydrogen) atoms. The van der Waals surface area contributed by atoms with Gasteiger partial charge < -0.3 is 5.32 Å². The van der Waals surface area contributed by atoms with Gasteiger partial charge in [-0.3, -0.25) is 0 Å². The first-order chi connectivity index (χ1) is 10.1. The van der Waals surface area contributed by atoms with Crippen LogP contribution in [0.15, 0.2) is 47.4 Å². The Bertz CT molecular complexity index is 607. The van der Waals surface area contributed by atoms with Crippen LogP contribution >= 0.6 is 23.4 Å². The molecule has 112 valence electrons. The van der Waals surface area contributed by atoms with Crippen LogP contribution in [0.3, 0.4) is 0 Å². The predicted molar refractivity (Wildman–Crippen MR) is 85.1 cm³/mol. The van der Waals surface area contributed by atoms with E-state index in [2.05, 4.69) is 5.32 Å². The van der Waals surface area contributed by atoms with Crippen LogP contribution in [-0.4, -0.2) is 18.8 Å². The molecule has 0 aromatic heterocycles. The molecule has 0 aliphatic carbocycles. The van der Waals surface area contributed by atoms with Crippen LogP contribution in [0.4, 0.5) is 8.78 Å².